The van der Waals surface area contributed by atoms with E-state index in [1.54, 1.807) is 11.3 Å². The zero-order valence-electron chi connectivity index (χ0n) is 13.9. The molecule has 0 radical (unpaired) electrons. The normalized spacial score (nSPS) is 12.8. The maximum absolute atomic E-state index is 5.42. The van der Waals surface area contributed by atoms with Crippen molar-refractivity contribution >= 4 is 16.3 Å². The molecule has 2 aromatic carbocycles. The van der Waals surface area contributed by atoms with Crippen molar-refractivity contribution in [1.82, 2.24) is 19.9 Å². The van der Waals surface area contributed by atoms with Gasteiger partial charge >= 0.3 is 0 Å². The molecule has 5 rings (SSSR count). The first-order valence-corrected chi connectivity index (χ1v) is 9.16. The van der Waals surface area contributed by atoms with Crippen LogP contribution in [0.4, 0.5) is 0 Å². The quantitative estimate of drug-likeness (QED) is 0.587. The Kier molecular flexibility index (Phi) is 3.80. The molecule has 6 nitrogen and oxygen atoms in total. The van der Waals surface area contributed by atoms with Crippen molar-refractivity contribution in [2.75, 3.05) is 6.79 Å². The number of rotatable bonds is 5. The van der Waals surface area contributed by atoms with E-state index in [1.165, 1.54) is 10.4 Å². The van der Waals surface area contributed by atoms with Gasteiger partial charge < -0.3 is 14.8 Å². The van der Waals surface area contributed by atoms with Crippen molar-refractivity contribution < 1.29 is 9.47 Å². The number of hydrogen-bond acceptors (Lipinski definition) is 6. The first-order chi connectivity index (χ1) is 12.9. The van der Waals surface area contributed by atoms with E-state index < -0.39 is 0 Å². The lowest BCUT2D eigenvalue weighted by molar-refractivity contribution is 0.174. The minimum atomic E-state index is 0.305. The van der Waals surface area contributed by atoms with Gasteiger partial charge in [0.1, 0.15) is 0 Å². The number of benzene rings is 2. The fraction of sp³-hybridized carbons (Fsp3) is 0.158. The summed E-state index contributed by atoms with van der Waals surface area (Å²) in [6.45, 7) is 1.84. The highest BCUT2D eigenvalue weighted by molar-refractivity contribution is 7.17. The summed E-state index contributed by atoms with van der Waals surface area (Å²) in [5.41, 5.74) is 2.24. The highest BCUT2D eigenvalue weighted by Gasteiger charge is 2.14. The molecule has 3 heterocycles. The van der Waals surface area contributed by atoms with Gasteiger partial charge in [0.2, 0.25) is 11.8 Å². The fourth-order valence-electron chi connectivity index (χ4n) is 3.00. The number of hydrogen-bond donors (Lipinski definition) is 1. The zero-order chi connectivity index (χ0) is 17.3. The number of nitrogens with one attached hydrogen (secondary N) is 1. The SMILES string of the molecule is c1ccc(-c2nnc3sc(CNCc4ccc5c(c4)OCO5)cn23)cc1. The van der Waals surface area contributed by atoms with Gasteiger partial charge in [-0.05, 0) is 17.7 Å². The summed E-state index contributed by atoms with van der Waals surface area (Å²) >= 11 is 1.65. The van der Waals surface area contributed by atoms with Crippen molar-refractivity contribution in [1.29, 1.82) is 0 Å². The van der Waals surface area contributed by atoms with Crippen molar-refractivity contribution in [3.8, 4) is 22.9 Å². The van der Waals surface area contributed by atoms with E-state index in [1.807, 2.05) is 42.5 Å². The van der Waals surface area contributed by atoms with E-state index in [0.29, 0.717) is 6.79 Å². The molecular weight excluding hydrogens is 348 g/mol. The molecule has 0 fully saturated rings. The van der Waals surface area contributed by atoms with Gasteiger partial charge in [-0.3, -0.25) is 4.40 Å². The van der Waals surface area contributed by atoms with E-state index >= 15 is 0 Å². The summed E-state index contributed by atoms with van der Waals surface area (Å²) in [7, 11) is 0. The van der Waals surface area contributed by atoms with Crippen LogP contribution in [0.25, 0.3) is 16.3 Å². The third-order valence-electron chi connectivity index (χ3n) is 4.26. The molecule has 0 atom stereocenters. The highest BCUT2D eigenvalue weighted by Crippen LogP contribution is 2.32. The predicted octanol–water partition coefficient (Wildman–Crippen LogP) is 3.48. The number of thiazole rings is 1. The Bertz CT molecular complexity index is 1060. The summed E-state index contributed by atoms with van der Waals surface area (Å²) in [6, 6.07) is 16.1. The Morgan fingerprint density at radius 2 is 1.88 bits per heavy atom. The van der Waals surface area contributed by atoms with Crippen LogP contribution in [0, 0.1) is 0 Å². The Morgan fingerprint density at radius 3 is 2.81 bits per heavy atom. The van der Waals surface area contributed by atoms with Crippen LogP contribution < -0.4 is 14.8 Å². The van der Waals surface area contributed by atoms with E-state index in [4.69, 9.17) is 9.47 Å². The fourth-order valence-corrected chi connectivity index (χ4v) is 3.88. The summed E-state index contributed by atoms with van der Waals surface area (Å²) in [5, 5.41) is 12.1. The van der Waals surface area contributed by atoms with Gasteiger partial charge in [-0.25, -0.2) is 0 Å². The first-order valence-electron chi connectivity index (χ1n) is 8.35. The Morgan fingerprint density at radius 1 is 1.00 bits per heavy atom. The molecule has 7 heteroatoms. The second-order valence-electron chi connectivity index (χ2n) is 6.03. The van der Waals surface area contributed by atoms with Gasteiger partial charge in [-0.1, -0.05) is 47.7 Å². The smallest absolute Gasteiger partial charge is 0.231 e. The highest BCUT2D eigenvalue weighted by atomic mass is 32.1. The number of nitrogens with zero attached hydrogens (tertiary/aromatic N) is 3. The van der Waals surface area contributed by atoms with Crippen molar-refractivity contribution in [2.45, 2.75) is 13.1 Å². The summed E-state index contributed by atoms with van der Waals surface area (Å²) < 4.78 is 12.8. The minimum absolute atomic E-state index is 0.305. The van der Waals surface area contributed by atoms with E-state index in [0.717, 1.165) is 40.9 Å². The number of aromatic nitrogens is 3. The number of ether oxygens (including phenoxy) is 2. The maximum Gasteiger partial charge on any atom is 0.231 e. The molecule has 4 aromatic rings. The van der Waals surface area contributed by atoms with Gasteiger partial charge in [0, 0.05) is 29.7 Å². The van der Waals surface area contributed by atoms with Gasteiger partial charge in [0.05, 0.1) is 0 Å². The van der Waals surface area contributed by atoms with Crippen LogP contribution in [-0.4, -0.2) is 21.4 Å². The summed E-state index contributed by atoms with van der Waals surface area (Å²) in [5.74, 6) is 2.51. The lowest BCUT2D eigenvalue weighted by Gasteiger charge is -2.04. The van der Waals surface area contributed by atoms with Crippen LogP contribution in [0.5, 0.6) is 11.5 Å². The largest absolute Gasteiger partial charge is 0.454 e. The van der Waals surface area contributed by atoms with Crippen molar-refractivity contribution in [3.63, 3.8) is 0 Å². The number of fused-ring (bicyclic) bond motifs is 2. The lowest BCUT2D eigenvalue weighted by atomic mass is 10.2. The molecule has 0 saturated heterocycles. The molecular formula is C19H16N4O2S. The third-order valence-corrected chi connectivity index (χ3v) is 5.23. The predicted molar refractivity (Wildman–Crippen MR) is 99.4 cm³/mol. The van der Waals surface area contributed by atoms with Crippen molar-refractivity contribution in [2.24, 2.45) is 0 Å². The molecule has 26 heavy (non-hydrogen) atoms. The van der Waals surface area contributed by atoms with E-state index in [2.05, 4.69) is 32.2 Å². The molecule has 0 saturated carbocycles. The molecule has 0 spiro atoms. The zero-order valence-corrected chi connectivity index (χ0v) is 14.7. The minimum Gasteiger partial charge on any atom is -0.454 e. The Labute approximate surface area is 154 Å². The molecule has 0 aliphatic carbocycles. The molecule has 0 unspecified atom stereocenters. The Hall–Kier alpha value is -2.90. The van der Waals surface area contributed by atoms with Crippen LogP contribution in [0.1, 0.15) is 10.4 Å². The second-order valence-corrected chi connectivity index (χ2v) is 7.12. The molecule has 0 bridgehead atoms. The molecule has 130 valence electrons. The molecule has 1 N–H and O–H groups in total. The van der Waals surface area contributed by atoms with Crippen molar-refractivity contribution in [3.05, 3.63) is 65.2 Å². The van der Waals surface area contributed by atoms with Crippen LogP contribution >= 0.6 is 11.3 Å². The van der Waals surface area contributed by atoms with Crippen LogP contribution in [0.3, 0.4) is 0 Å². The van der Waals surface area contributed by atoms with Crippen LogP contribution in [0.15, 0.2) is 54.7 Å². The van der Waals surface area contributed by atoms with Gasteiger partial charge in [0.15, 0.2) is 17.3 Å². The first kappa shape index (κ1) is 15.4. The topological polar surface area (TPSA) is 60.7 Å². The van der Waals surface area contributed by atoms with Gasteiger partial charge in [0.25, 0.3) is 0 Å². The Balaban J connectivity index is 1.29. The second kappa shape index (κ2) is 6.44. The summed E-state index contributed by atoms with van der Waals surface area (Å²) in [4.78, 5) is 2.12. The molecule has 1 aliphatic heterocycles. The van der Waals surface area contributed by atoms with E-state index in [9.17, 15) is 0 Å². The average Bonchev–Trinajstić information content (AvgIpc) is 3.37. The summed E-state index contributed by atoms with van der Waals surface area (Å²) in [6.07, 6.45) is 2.11. The standard InChI is InChI=1S/C19H16N4O2S/c1-2-4-14(5-3-1)18-21-22-19-23(18)11-15(26-19)10-20-9-13-6-7-16-17(8-13)25-12-24-16/h1-8,11,20H,9-10,12H2. The molecule has 2 aromatic heterocycles. The molecule has 0 amide bonds. The van der Waals surface area contributed by atoms with E-state index in [-0.39, 0.29) is 0 Å². The molecule has 1 aliphatic rings. The van der Waals surface area contributed by atoms with Crippen LogP contribution in [-0.2, 0) is 13.1 Å². The third kappa shape index (κ3) is 2.81. The van der Waals surface area contributed by atoms with Gasteiger partial charge in [-0.2, -0.15) is 0 Å². The average molecular weight is 364 g/mol. The van der Waals surface area contributed by atoms with Crippen LogP contribution in [0.2, 0.25) is 0 Å². The van der Waals surface area contributed by atoms with Gasteiger partial charge in [-0.15, -0.1) is 10.2 Å². The maximum atomic E-state index is 5.42. The monoisotopic (exact) mass is 364 g/mol. The lowest BCUT2D eigenvalue weighted by Crippen LogP contribution is -2.11.